The molecule has 0 radical (unpaired) electrons. The van der Waals surface area contributed by atoms with Crippen LogP contribution in [0.5, 0.6) is 11.5 Å². The van der Waals surface area contributed by atoms with Gasteiger partial charge in [-0.05, 0) is 42.3 Å². The Morgan fingerprint density at radius 3 is 2.59 bits per heavy atom. The second-order valence-electron chi connectivity index (χ2n) is 7.82. The van der Waals surface area contributed by atoms with Gasteiger partial charge in [0.15, 0.2) is 0 Å². The van der Waals surface area contributed by atoms with Crippen molar-refractivity contribution >= 4 is 16.9 Å². The Bertz CT molecular complexity index is 1280. The highest BCUT2D eigenvalue weighted by atomic mass is 16.5. The lowest BCUT2D eigenvalue weighted by atomic mass is 10.1. The van der Waals surface area contributed by atoms with E-state index in [2.05, 4.69) is 28.6 Å². The molecule has 0 spiro atoms. The Morgan fingerprint density at radius 2 is 1.76 bits per heavy atom. The summed E-state index contributed by atoms with van der Waals surface area (Å²) in [5, 5.41) is 2.98. The lowest BCUT2D eigenvalue weighted by Gasteiger charge is -2.13. The van der Waals surface area contributed by atoms with Gasteiger partial charge in [0.25, 0.3) is 5.91 Å². The van der Waals surface area contributed by atoms with Gasteiger partial charge in [0.2, 0.25) is 0 Å². The molecule has 4 aromatic rings. The predicted octanol–water partition coefficient (Wildman–Crippen LogP) is 4.82. The molecule has 0 aliphatic heterocycles. The van der Waals surface area contributed by atoms with Crippen molar-refractivity contribution in [2.24, 2.45) is 0 Å². The van der Waals surface area contributed by atoms with Gasteiger partial charge in [-0.2, -0.15) is 0 Å². The number of carbonyl (C=O) groups excluding carboxylic acids is 1. The first-order valence-corrected chi connectivity index (χ1v) is 11.4. The average Bonchev–Trinajstić information content (AvgIpc) is 3.22. The molecule has 0 fully saturated rings. The molecular weight excluding hydrogens is 426 g/mol. The molecule has 0 atom stereocenters. The van der Waals surface area contributed by atoms with Crippen molar-refractivity contribution in [1.82, 2.24) is 14.9 Å². The summed E-state index contributed by atoms with van der Waals surface area (Å²) in [7, 11) is 1.56. The lowest BCUT2D eigenvalue weighted by molar-refractivity contribution is 0.0951. The first-order chi connectivity index (χ1) is 16.7. The number of amides is 1. The third-order valence-electron chi connectivity index (χ3n) is 5.63. The zero-order valence-electron chi connectivity index (χ0n) is 19.4. The van der Waals surface area contributed by atoms with Gasteiger partial charge < -0.3 is 19.4 Å². The summed E-state index contributed by atoms with van der Waals surface area (Å²) in [6, 6.07) is 23.3. The summed E-state index contributed by atoms with van der Waals surface area (Å²) >= 11 is 0. The van der Waals surface area contributed by atoms with Crippen LogP contribution in [0.15, 0.2) is 85.5 Å². The number of methoxy groups -OCH3 is 1. The van der Waals surface area contributed by atoms with Crippen LogP contribution < -0.4 is 14.8 Å². The van der Waals surface area contributed by atoms with Gasteiger partial charge in [-0.25, -0.2) is 4.98 Å². The SMILES string of the molecule is C=CCc1ccccc1OCCn1c(CCNC(=O)c2ccccc2OC)nc2ccccc21. The topological polar surface area (TPSA) is 65.4 Å². The minimum atomic E-state index is -0.165. The van der Waals surface area contributed by atoms with Crippen molar-refractivity contribution in [2.75, 3.05) is 20.3 Å². The van der Waals surface area contributed by atoms with Gasteiger partial charge >= 0.3 is 0 Å². The predicted molar refractivity (Wildman–Crippen MR) is 135 cm³/mol. The van der Waals surface area contributed by atoms with Crippen LogP contribution in [0.3, 0.4) is 0 Å². The van der Waals surface area contributed by atoms with Crippen LogP contribution in [-0.4, -0.2) is 35.7 Å². The second kappa shape index (κ2) is 11.2. The zero-order valence-corrected chi connectivity index (χ0v) is 19.4. The Balaban J connectivity index is 1.44. The van der Waals surface area contributed by atoms with Crippen LogP contribution in [0.4, 0.5) is 0 Å². The Hall–Kier alpha value is -4.06. The van der Waals surface area contributed by atoms with Crippen LogP contribution in [0.2, 0.25) is 0 Å². The molecule has 6 heteroatoms. The Kier molecular flexibility index (Phi) is 7.60. The highest BCUT2D eigenvalue weighted by molar-refractivity contribution is 5.96. The van der Waals surface area contributed by atoms with E-state index in [9.17, 15) is 4.79 Å². The molecule has 0 aliphatic rings. The third kappa shape index (κ3) is 5.29. The fourth-order valence-electron chi connectivity index (χ4n) is 4.00. The first kappa shape index (κ1) is 23.1. The molecule has 1 N–H and O–H groups in total. The van der Waals surface area contributed by atoms with Crippen LogP contribution >= 0.6 is 0 Å². The fraction of sp³-hybridized carbons (Fsp3) is 0.214. The number of para-hydroxylation sites is 4. The molecule has 34 heavy (non-hydrogen) atoms. The van der Waals surface area contributed by atoms with E-state index in [4.69, 9.17) is 14.5 Å². The number of aromatic nitrogens is 2. The second-order valence-corrected chi connectivity index (χ2v) is 7.82. The summed E-state index contributed by atoms with van der Waals surface area (Å²) < 4.78 is 13.6. The average molecular weight is 456 g/mol. The molecule has 0 bridgehead atoms. The maximum atomic E-state index is 12.6. The summed E-state index contributed by atoms with van der Waals surface area (Å²) in [5.41, 5.74) is 3.62. The number of nitrogens with one attached hydrogen (secondary N) is 1. The van der Waals surface area contributed by atoms with E-state index in [1.807, 2.05) is 54.6 Å². The quantitative estimate of drug-likeness (QED) is 0.329. The molecule has 4 rings (SSSR count). The highest BCUT2D eigenvalue weighted by Crippen LogP contribution is 2.21. The minimum absolute atomic E-state index is 0.165. The Morgan fingerprint density at radius 1 is 1.03 bits per heavy atom. The number of hydrogen-bond donors (Lipinski definition) is 1. The van der Waals surface area contributed by atoms with E-state index in [0.29, 0.717) is 37.4 Å². The molecule has 1 aromatic heterocycles. The summed E-state index contributed by atoms with van der Waals surface area (Å²) in [6.45, 7) is 5.45. The van der Waals surface area contributed by atoms with Crippen LogP contribution in [-0.2, 0) is 19.4 Å². The van der Waals surface area contributed by atoms with Crippen molar-refractivity contribution in [3.63, 3.8) is 0 Å². The van der Waals surface area contributed by atoms with Crippen molar-refractivity contribution in [2.45, 2.75) is 19.4 Å². The van der Waals surface area contributed by atoms with Gasteiger partial charge in [-0.15, -0.1) is 6.58 Å². The van der Waals surface area contributed by atoms with E-state index in [1.54, 1.807) is 19.2 Å². The molecule has 174 valence electrons. The number of carbonyl (C=O) groups is 1. The summed E-state index contributed by atoms with van der Waals surface area (Å²) in [5.74, 6) is 2.17. The molecular formula is C28H29N3O3. The zero-order chi connectivity index (χ0) is 23.8. The number of rotatable bonds is 11. The van der Waals surface area contributed by atoms with Gasteiger partial charge in [0, 0.05) is 13.0 Å². The molecule has 0 saturated heterocycles. The van der Waals surface area contributed by atoms with Crippen LogP contribution in [0.1, 0.15) is 21.7 Å². The van der Waals surface area contributed by atoms with Crippen molar-refractivity contribution in [1.29, 1.82) is 0 Å². The van der Waals surface area contributed by atoms with E-state index in [-0.39, 0.29) is 5.91 Å². The monoisotopic (exact) mass is 455 g/mol. The number of fused-ring (bicyclic) bond motifs is 1. The normalized spacial score (nSPS) is 10.7. The van der Waals surface area contributed by atoms with Crippen LogP contribution in [0, 0.1) is 0 Å². The maximum absolute atomic E-state index is 12.6. The van der Waals surface area contributed by atoms with Crippen molar-refractivity contribution in [3.8, 4) is 11.5 Å². The van der Waals surface area contributed by atoms with E-state index in [1.165, 1.54) is 0 Å². The molecule has 6 nitrogen and oxygen atoms in total. The van der Waals surface area contributed by atoms with Crippen LogP contribution in [0.25, 0.3) is 11.0 Å². The number of ether oxygens (including phenoxy) is 2. The number of nitrogens with zero attached hydrogens (tertiary/aromatic N) is 2. The van der Waals surface area contributed by atoms with E-state index < -0.39 is 0 Å². The molecule has 3 aromatic carbocycles. The number of imidazole rings is 1. The maximum Gasteiger partial charge on any atom is 0.255 e. The largest absolute Gasteiger partial charge is 0.496 e. The van der Waals surface area contributed by atoms with Gasteiger partial charge in [0.1, 0.15) is 23.9 Å². The van der Waals surface area contributed by atoms with Crippen molar-refractivity contribution in [3.05, 3.63) is 102 Å². The molecule has 0 aliphatic carbocycles. The minimum Gasteiger partial charge on any atom is -0.496 e. The Labute approximate surface area is 199 Å². The van der Waals surface area contributed by atoms with Crippen molar-refractivity contribution < 1.29 is 14.3 Å². The fourth-order valence-corrected chi connectivity index (χ4v) is 4.00. The molecule has 0 unspecified atom stereocenters. The molecule has 1 heterocycles. The lowest BCUT2D eigenvalue weighted by Crippen LogP contribution is -2.27. The highest BCUT2D eigenvalue weighted by Gasteiger charge is 2.14. The summed E-state index contributed by atoms with van der Waals surface area (Å²) in [4.78, 5) is 17.4. The molecule has 1 amide bonds. The van der Waals surface area contributed by atoms with Gasteiger partial charge in [-0.3, -0.25) is 4.79 Å². The first-order valence-electron chi connectivity index (χ1n) is 11.4. The van der Waals surface area contributed by atoms with E-state index >= 15 is 0 Å². The standard InChI is InChI=1S/C28H29N3O3/c1-3-10-21-11-4-8-15-25(21)34-20-19-31-24-14-7-6-13-23(24)30-27(31)17-18-29-28(32)22-12-5-9-16-26(22)33-2/h3-9,11-16H,1,10,17-20H2,2H3,(H,29,32). The van der Waals surface area contributed by atoms with Gasteiger partial charge in [0.05, 0.1) is 30.3 Å². The van der Waals surface area contributed by atoms with E-state index in [0.717, 1.165) is 34.6 Å². The number of benzene rings is 3. The number of allylic oxidation sites excluding steroid dienone is 1. The number of hydrogen-bond acceptors (Lipinski definition) is 4. The smallest absolute Gasteiger partial charge is 0.255 e. The summed E-state index contributed by atoms with van der Waals surface area (Å²) in [6.07, 6.45) is 3.24. The third-order valence-corrected chi connectivity index (χ3v) is 5.63. The molecule has 0 saturated carbocycles. The van der Waals surface area contributed by atoms with Gasteiger partial charge in [-0.1, -0.05) is 48.5 Å².